The van der Waals surface area contributed by atoms with E-state index in [1.54, 1.807) is 0 Å². The van der Waals surface area contributed by atoms with Crippen LogP contribution in [0.4, 0.5) is 13.2 Å². The summed E-state index contributed by atoms with van der Waals surface area (Å²) in [4.78, 5) is 24.5. The molecule has 47 heavy (non-hydrogen) atoms. The fourth-order valence-electron chi connectivity index (χ4n) is 5.65. The van der Waals surface area contributed by atoms with Crippen LogP contribution in [0, 0.1) is 0 Å². The average molecular weight is 669 g/mol. The van der Waals surface area contributed by atoms with Crippen LogP contribution in [0.25, 0.3) is 11.2 Å². The summed E-state index contributed by atoms with van der Waals surface area (Å²) < 4.78 is 90.1. The van der Waals surface area contributed by atoms with E-state index >= 15 is 0 Å². The third kappa shape index (κ3) is 6.22. The van der Waals surface area contributed by atoms with Crippen molar-refractivity contribution < 1.29 is 44.8 Å². The van der Waals surface area contributed by atoms with Gasteiger partial charge < -0.3 is 14.2 Å². The maximum Gasteiger partial charge on any atom is 0.523 e. The molecule has 3 heterocycles. The van der Waals surface area contributed by atoms with Crippen LogP contribution in [0.15, 0.2) is 110 Å². The molecule has 6 rings (SSSR count). The molecule has 0 bridgehead atoms. The lowest BCUT2D eigenvalue weighted by Gasteiger charge is -2.37. The highest BCUT2D eigenvalue weighted by Gasteiger charge is 2.57. The van der Waals surface area contributed by atoms with Crippen molar-refractivity contribution in [2.45, 2.75) is 42.6 Å². The predicted octanol–water partition coefficient (Wildman–Crippen LogP) is 4.90. The molecule has 0 spiro atoms. The molecule has 0 N–H and O–H groups in total. The van der Waals surface area contributed by atoms with E-state index in [0.717, 1.165) is 6.92 Å². The molecule has 2 aromatic heterocycles. The van der Waals surface area contributed by atoms with E-state index in [9.17, 15) is 26.4 Å². The molecule has 0 radical (unpaired) electrons. The maximum absolute atomic E-state index is 13.6. The Hall–Kier alpha value is -4.70. The van der Waals surface area contributed by atoms with Crippen molar-refractivity contribution in [1.82, 2.24) is 19.5 Å². The smallest absolute Gasteiger partial charge is 0.457 e. The number of hydrogen-bond donors (Lipinski definition) is 0. The van der Waals surface area contributed by atoms with Gasteiger partial charge in [0.2, 0.25) is 0 Å². The number of ether oxygens (including phenoxy) is 3. The summed E-state index contributed by atoms with van der Waals surface area (Å²) >= 11 is 0. The van der Waals surface area contributed by atoms with Crippen molar-refractivity contribution in [3.05, 3.63) is 127 Å². The standard InChI is InChI=1S/C32H27F3N4O7S/c1-21(40)44-27-26(45-30(28(27)46-47(41,42)32(33,34)35)39-20-38-25-17-36-19-37-29(25)39)18-43-31(22-11-5-2-6-12-22,23-13-7-3-8-14-23)24-15-9-4-10-16-24/h2-17,19-20,26-28,30H,18H2,1H3/t26-,27-,28-,30-/m1/s1. The van der Waals surface area contributed by atoms with Crippen LogP contribution in [0.2, 0.25) is 0 Å². The van der Waals surface area contributed by atoms with Crippen LogP contribution in [-0.2, 0) is 38.9 Å². The topological polar surface area (TPSA) is 132 Å². The molecule has 0 unspecified atom stereocenters. The zero-order valence-electron chi connectivity index (χ0n) is 24.6. The van der Waals surface area contributed by atoms with Crippen molar-refractivity contribution in [1.29, 1.82) is 0 Å². The van der Waals surface area contributed by atoms with Gasteiger partial charge >= 0.3 is 21.6 Å². The summed E-state index contributed by atoms with van der Waals surface area (Å²) in [5.41, 5.74) is -4.60. The summed E-state index contributed by atoms with van der Waals surface area (Å²) in [6, 6.07) is 27.7. The van der Waals surface area contributed by atoms with Crippen LogP contribution in [-0.4, -0.2) is 64.3 Å². The Balaban J connectivity index is 1.46. The first kappa shape index (κ1) is 32.2. The van der Waals surface area contributed by atoms with E-state index in [2.05, 4.69) is 15.0 Å². The van der Waals surface area contributed by atoms with Crippen molar-refractivity contribution in [3.63, 3.8) is 0 Å². The van der Waals surface area contributed by atoms with Gasteiger partial charge in [0.15, 0.2) is 24.1 Å². The summed E-state index contributed by atoms with van der Waals surface area (Å²) in [5, 5.41) is 0. The van der Waals surface area contributed by atoms with Gasteiger partial charge in [-0.15, -0.1) is 0 Å². The second kappa shape index (κ2) is 12.8. The normalized spacial score (nSPS) is 20.3. The molecule has 1 saturated heterocycles. The number of carbonyl (C=O) groups is 1. The number of fused-ring (bicyclic) bond motifs is 1. The molecule has 244 valence electrons. The highest BCUT2D eigenvalue weighted by atomic mass is 32.2. The first-order valence-electron chi connectivity index (χ1n) is 14.3. The minimum Gasteiger partial charge on any atom is -0.457 e. The number of halogens is 3. The first-order chi connectivity index (χ1) is 22.5. The molecular formula is C32H27F3N4O7S. The zero-order chi connectivity index (χ0) is 33.2. The number of esters is 1. The SMILES string of the molecule is CC(=O)O[C@H]1[C@@H](OS(=O)(=O)C(F)(F)F)[C@H](n2cnc3cncnc32)O[C@@H]1COC(c1ccccc1)(c1ccccc1)c1ccccc1. The molecule has 11 nitrogen and oxygen atoms in total. The summed E-state index contributed by atoms with van der Waals surface area (Å²) in [6.07, 6.45) is -2.93. The highest BCUT2D eigenvalue weighted by molar-refractivity contribution is 7.87. The molecule has 0 amide bonds. The quantitative estimate of drug-likeness (QED) is 0.0877. The number of nitrogens with zero attached hydrogens (tertiary/aromatic N) is 4. The molecular weight excluding hydrogens is 641 g/mol. The lowest BCUT2D eigenvalue weighted by molar-refractivity contribution is -0.155. The number of rotatable bonds is 10. The predicted molar refractivity (Wildman–Crippen MR) is 160 cm³/mol. The Morgan fingerprint density at radius 2 is 1.43 bits per heavy atom. The van der Waals surface area contributed by atoms with E-state index in [1.807, 2.05) is 91.0 Å². The largest absolute Gasteiger partial charge is 0.523 e. The minimum absolute atomic E-state index is 0.110. The Labute approximate surface area is 267 Å². The van der Waals surface area contributed by atoms with Crippen molar-refractivity contribution in [3.8, 4) is 0 Å². The van der Waals surface area contributed by atoms with E-state index in [4.69, 9.17) is 18.4 Å². The molecule has 1 aliphatic heterocycles. The van der Waals surface area contributed by atoms with E-state index in [0.29, 0.717) is 16.7 Å². The monoisotopic (exact) mass is 668 g/mol. The summed E-state index contributed by atoms with van der Waals surface area (Å²) in [5.74, 6) is -0.916. The molecule has 3 aromatic carbocycles. The van der Waals surface area contributed by atoms with E-state index < -0.39 is 58.3 Å². The third-order valence-electron chi connectivity index (χ3n) is 7.63. The molecule has 1 aliphatic rings. The van der Waals surface area contributed by atoms with Gasteiger partial charge in [0, 0.05) is 6.92 Å². The number of hydrogen-bond acceptors (Lipinski definition) is 10. The van der Waals surface area contributed by atoms with Crippen LogP contribution in [0.5, 0.6) is 0 Å². The summed E-state index contributed by atoms with van der Waals surface area (Å²) in [7, 11) is -6.20. The Kier molecular flexibility index (Phi) is 8.80. The molecule has 0 saturated carbocycles. The molecule has 15 heteroatoms. The maximum atomic E-state index is 13.6. The van der Waals surface area contributed by atoms with Gasteiger partial charge in [-0.05, 0) is 16.7 Å². The van der Waals surface area contributed by atoms with E-state index in [1.165, 1.54) is 23.4 Å². The van der Waals surface area contributed by atoms with Gasteiger partial charge in [-0.2, -0.15) is 21.6 Å². The Morgan fingerprint density at radius 1 is 0.872 bits per heavy atom. The number of carbonyl (C=O) groups excluding carboxylic acids is 1. The van der Waals surface area contributed by atoms with E-state index in [-0.39, 0.29) is 11.2 Å². The van der Waals surface area contributed by atoms with Gasteiger partial charge in [0.1, 0.15) is 23.5 Å². The zero-order valence-corrected chi connectivity index (χ0v) is 25.4. The van der Waals surface area contributed by atoms with Crippen LogP contribution >= 0.6 is 0 Å². The van der Waals surface area contributed by atoms with Crippen LogP contribution in [0.3, 0.4) is 0 Å². The fraction of sp³-hybridized carbons (Fsp3) is 0.250. The van der Waals surface area contributed by atoms with Crippen molar-refractivity contribution >= 4 is 27.3 Å². The highest BCUT2D eigenvalue weighted by Crippen LogP contribution is 2.43. The summed E-state index contributed by atoms with van der Waals surface area (Å²) in [6.45, 7) is 0.628. The first-order valence-corrected chi connectivity index (χ1v) is 15.7. The van der Waals surface area contributed by atoms with Crippen molar-refractivity contribution in [2.75, 3.05) is 6.61 Å². The second-order valence-corrected chi connectivity index (χ2v) is 12.1. The van der Waals surface area contributed by atoms with Gasteiger partial charge in [0.05, 0.1) is 19.1 Å². The number of alkyl halides is 3. The second-order valence-electron chi connectivity index (χ2n) is 10.6. The third-order valence-corrected chi connectivity index (χ3v) is 8.67. The number of aromatic nitrogens is 4. The Morgan fingerprint density at radius 3 is 1.94 bits per heavy atom. The minimum atomic E-state index is -6.20. The lowest BCUT2D eigenvalue weighted by Crippen LogP contribution is -2.44. The van der Waals surface area contributed by atoms with Gasteiger partial charge in [-0.1, -0.05) is 91.0 Å². The molecule has 1 fully saturated rings. The molecule has 4 atom stereocenters. The van der Waals surface area contributed by atoms with Crippen molar-refractivity contribution in [2.24, 2.45) is 0 Å². The molecule has 0 aliphatic carbocycles. The lowest BCUT2D eigenvalue weighted by atomic mass is 9.80. The van der Waals surface area contributed by atoms with Gasteiger partial charge in [0.25, 0.3) is 0 Å². The fourth-order valence-corrected chi connectivity index (χ4v) is 6.26. The number of benzene rings is 3. The molecule has 5 aromatic rings. The van der Waals surface area contributed by atoms with Gasteiger partial charge in [-0.3, -0.25) is 13.5 Å². The number of imidazole rings is 1. The average Bonchev–Trinajstić information content (AvgIpc) is 3.63. The van der Waals surface area contributed by atoms with Crippen LogP contribution < -0.4 is 0 Å². The Bertz CT molecular complexity index is 1850. The van der Waals surface area contributed by atoms with Gasteiger partial charge in [-0.25, -0.2) is 15.0 Å². The van der Waals surface area contributed by atoms with Crippen LogP contribution in [0.1, 0.15) is 29.8 Å².